The predicted octanol–water partition coefficient (Wildman–Crippen LogP) is -5.47. The van der Waals surface area contributed by atoms with E-state index in [1.165, 1.54) is 0 Å². The molecule has 1 nitrogen and oxygen atoms in total. The first kappa shape index (κ1) is 23.7. The molecule has 0 aromatic carbocycles. The Hall–Kier alpha value is 2.45. The Morgan fingerprint density at radius 2 is 1.50 bits per heavy atom. The predicted molar refractivity (Wildman–Crippen MR) is 17.3 cm³/mol. The molecule has 0 spiro atoms. The maximum atomic E-state index is 4.96. The van der Waals surface area contributed by atoms with Gasteiger partial charge in [0.05, 0.1) is 0 Å². The molecule has 32 valence electrons. The van der Waals surface area contributed by atoms with Crippen LogP contribution in [-0.2, 0) is 16.4 Å². The average molecular weight is 212 g/mol. The van der Waals surface area contributed by atoms with Crippen molar-refractivity contribution >= 4 is 22.1 Å². The van der Waals surface area contributed by atoms with E-state index in [0.717, 1.165) is 0 Å². The quantitative estimate of drug-likeness (QED) is 0.398. The second-order valence-corrected chi connectivity index (χ2v) is 2.41. The third-order valence-electron chi connectivity index (χ3n) is 0. The second kappa shape index (κ2) is 26.0. The van der Waals surface area contributed by atoms with E-state index in [0.29, 0.717) is 0 Å². The summed E-state index contributed by atoms with van der Waals surface area (Å²) in [6.07, 6.45) is 0. The van der Waals surface area contributed by atoms with Crippen LogP contribution >= 0.6 is 22.1 Å². The summed E-state index contributed by atoms with van der Waals surface area (Å²) >= 11 is -0.903. The van der Waals surface area contributed by atoms with Gasteiger partial charge < -0.3 is 12.4 Å². The van der Waals surface area contributed by atoms with Crippen LogP contribution in [0, 0.1) is 0 Å². The van der Waals surface area contributed by atoms with Gasteiger partial charge in [0, 0.05) is 0 Å². The van der Waals surface area contributed by atoms with Crippen LogP contribution in [0.25, 0.3) is 0 Å². The van der Waals surface area contributed by atoms with E-state index in [-0.39, 0.29) is 54.4 Å². The van der Waals surface area contributed by atoms with Gasteiger partial charge in [-0.3, -0.25) is 0 Å². The average Bonchev–Trinajstić information content (AvgIpc) is 0.918. The van der Waals surface area contributed by atoms with Crippen LogP contribution in [0.5, 0.6) is 0 Å². The van der Waals surface area contributed by atoms with E-state index in [9.17, 15) is 0 Å². The van der Waals surface area contributed by atoms with Crippen LogP contribution in [0.4, 0.5) is 0 Å². The number of halogens is 3. The number of hydrogen-bond donors (Lipinski definition) is 1. The Balaban J connectivity index is -0.00000000667. The van der Waals surface area contributed by atoms with E-state index in [2.05, 4.69) is 0 Å². The zero-order chi connectivity index (χ0) is 2.71. The van der Waals surface area contributed by atoms with E-state index in [1.54, 1.807) is 0 Å². The first-order valence-corrected chi connectivity index (χ1v) is 6.29. The van der Waals surface area contributed by atoms with Crippen molar-refractivity contribution in [1.82, 2.24) is 0 Å². The molecule has 2 N–H and O–H groups in total. The molecule has 0 saturated carbocycles. The summed E-state index contributed by atoms with van der Waals surface area (Å²) in [4.78, 5) is 0. The molecule has 0 heterocycles. The fraction of sp³-hybridized carbons (Fsp3) is 0. The molecule has 0 saturated heterocycles. The molecule has 0 fully saturated rings. The van der Waals surface area contributed by atoms with Gasteiger partial charge in [-0.25, -0.2) is 0 Å². The van der Waals surface area contributed by atoms with Crippen molar-refractivity contribution in [3.8, 4) is 0 Å². The molecule has 0 bridgehead atoms. The Labute approximate surface area is 83.8 Å². The Morgan fingerprint density at radius 3 is 1.50 bits per heavy atom. The summed E-state index contributed by atoms with van der Waals surface area (Å²) in [7, 11) is 4.96. The van der Waals surface area contributed by atoms with Gasteiger partial charge in [0.25, 0.3) is 0 Å². The maximum absolute atomic E-state index is 4.96. The topological polar surface area (TPSA) is 26.0 Å². The molecule has 0 aliphatic heterocycles. The molecule has 6 heteroatoms. The van der Waals surface area contributed by atoms with Crippen molar-refractivity contribution in [1.29, 1.82) is 0 Å². The van der Waals surface area contributed by atoms with E-state index >= 15 is 0 Å². The van der Waals surface area contributed by atoms with Gasteiger partial charge in [-0.05, 0) is 0 Å². The molecule has 0 aromatic heterocycles. The summed E-state index contributed by atoms with van der Waals surface area (Å²) in [5, 5.41) is 0. The summed E-state index contributed by atoms with van der Waals surface area (Å²) in [5.41, 5.74) is 0. The van der Waals surface area contributed by atoms with Gasteiger partial charge in [0.2, 0.25) is 0 Å². The molecule has 0 aromatic rings. The van der Waals surface area contributed by atoms with Gasteiger partial charge >= 0.3 is 60.1 Å². The van der Waals surface area contributed by atoms with E-state index in [1.807, 2.05) is 0 Å². The Morgan fingerprint density at radius 1 is 1.50 bits per heavy atom. The summed E-state index contributed by atoms with van der Waals surface area (Å²) in [6.45, 7) is 0. The van der Waals surface area contributed by atoms with Crippen molar-refractivity contribution < 1.29 is 58.3 Å². The maximum Gasteiger partial charge on any atom is 1.00 e. The molecule has 6 heavy (non-hydrogen) atoms. The third-order valence-corrected chi connectivity index (χ3v) is 0. The number of nitrogens with two attached hydrogens (primary N) is 1. The molecule has 0 rings (SSSR count). The Bertz CT molecular complexity index is 10.8. The summed E-state index contributed by atoms with van der Waals surface area (Å²) < 4.78 is 4.80. The normalized spacial score (nSPS) is 1.67. The zero-order valence-electron chi connectivity index (χ0n) is 3.45. The van der Waals surface area contributed by atoms with Gasteiger partial charge in [-0.15, -0.1) is 12.4 Å². The first-order valence-electron chi connectivity index (χ1n) is 0.676. The number of rotatable bonds is 0. The molecular weight excluding hydrogens is 209 g/mol. The van der Waals surface area contributed by atoms with Crippen molar-refractivity contribution in [2.45, 2.75) is 0 Å². The van der Waals surface area contributed by atoms with Crippen molar-refractivity contribution in [3.05, 3.63) is 0 Å². The minimum absolute atomic E-state index is 0. The van der Waals surface area contributed by atoms with Gasteiger partial charge in [-0.2, -0.15) is 0 Å². The van der Waals surface area contributed by atoms with Crippen LogP contribution < -0.4 is 46.4 Å². The zero-order valence-corrected chi connectivity index (χ0v) is 10.7. The minimum Gasteiger partial charge on any atom is 1.00 e. The van der Waals surface area contributed by atoms with Crippen LogP contribution in [-0.4, -0.2) is 0 Å². The molecule has 0 unspecified atom stereocenters. The van der Waals surface area contributed by atoms with Crippen molar-refractivity contribution in [3.63, 3.8) is 0 Å². The van der Waals surface area contributed by atoms with Crippen molar-refractivity contribution in [2.24, 2.45) is 4.48 Å². The monoisotopic (exact) mass is 209 g/mol. The van der Waals surface area contributed by atoms with Crippen LogP contribution in [0.15, 0.2) is 0 Å². The molecule has 0 radical (unpaired) electrons. The molecule has 0 amide bonds. The smallest absolute Gasteiger partial charge is 1.00 e. The molecule has 0 aliphatic carbocycles. The van der Waals surface area contributed by atoms with Crippen LogP contribution in [0.2, 0.25) is 0 Å². The van der Waals surface area contributed by atoms with Gasteiger partial charge in [0.15, 0.2) is 0 Å². The molecular formula is H3Cl3NNaZn. The van der Waals surface area contributed by atoms with Gasteiger partial charge in [0.1, 0.15) is 0 Å². The minimum atomic E-state index is -0.903. The summed E-state index contributed by atoms with van der Waals surface area (Å²) in [5.74, 6) is 0. The fourth-order valence-electron chi connectivity index (χ4n) is 0. The van der Waals surface area contributed by atoms with Crippen LogP contribution in [0.1, 0.15) is 0 Å². The fourth-order valence-corrected chi connectivity index (χ4v) is 0. The molecule has 0 atom stereocenters. The van der Waals surface area contributed by atoms with Crippen LogP contribution in [0.3, 0.4) is 0 Å². The van der Waals surface area contributed by atoms with Crippen molar-refractivity contribution in [2.75, 3.05) is 0 Å². The summed E-state index contributed by atoms with van der Waals surface area (Å²) in [6, 6.07) is 0. The second-order valence-electron chi connectivity index (χ2n) is 0.154. The molecule has 0 aliphatic rings. The Kier molecular flexibility index (Phi) is 103. The van der Waals surface area contributed by atoms with Gasteiger partial charge in [-0.1, -0.05) is 0 Å². The number of hydrogen-bond acceptors (Lipinski definition) is 1. The van der Waals surface area contributed by atoms with E-state index < -0.39 is 16.4 Å². The largest absolute Gasteiger partial charge is 1.00 e. The van der Waals surface area contributed by atoms with E-state index in [4.69, 9.17) is 14.2 Å². The first-order chi connectivity index (χ1) is 1.41. The SMILES string of the molecule is Cl.[Cl-].[NH2][Zn][Cl].[Na+]. The third kappa shape index (κ3) is 31.9. The standard InChI is InChI=1S/3ClH.H2N.Na.Zn/h3*1H;1H2;;/q;;;-1;+1;+2/p-2.